The van der Waals surface area contributed by atoms with Crippen molar-refractivity contribution >= 4 is 17.4 Å². The first kappa shape index (κ1) is 14.2. The second-order valence-corrected chi connectivity index (χ2v) is 5.86. The van der Waals surface area contributed by atoms with Gasteiger partial charge in [0, 0.05) is 23.1 Å². The molecule has 0 aliphatic carbocycles. The van der Waals surface area contributed by atoms with E-state index in [9.17, 15) is 8.78 Å². The first-order valence-electron chi connectivity index (χ1n) is 6.73. The van der Waals surface area contributed by atoms with Gasteiger partial charge in [0.15, 0.2) is 0 Å². The molecule has 0 spiro atoms. The first-order valence-corrected chi connectivity index (χ1v) is 7.72. The van der Waals surface area contributed by atoms with E-state index in [0.29, 0.717) is 18.2 Å². The van der Waals surface area contributed by atoms with Crippen LogP contribution >= 0.6 is 11.8 Å². The van der Waals surface area contributed by atoms with Gasteiger partial charge in [0.05, 0.1) is 5.69 Å². The molecule has 2 aromatic carbocycles. The van der Waals surface area contributed by atoms with Gasteiger partial charge in [-0.05, 0) is 23.8 Å². The quantitative estimate of drug-likeness (QED) is 0.873. The number of benzene rings is 2. The Morgan fingerprint density at radius 2 is 1.90 bits per heavy atom. The van der Waals surface area contributed by atoms with Crippen LogP contribution in [0.25, 0.3) is 0 Å². The zero-order chi connectivity index (χ0) is 14.7. The number of ether oxygens (including phenoxy) is 1. The van der Waals surface area contributed by atoms with E-state index >= 15 is 0 Å². The van der Waals surface area contributed by atoms with E-state index in [0.717, 1.165) is 5.75 Å². The van der Waals surface area contributed by atoms with Crippen LogP contribution in [0.3, 0.4) is 0 Å². The number of nitrogens with one attached hydrogen (secondary N) is 1. The van der Waals surface area contributed by atoms with Crippen LogP contribution in [0.1, 0.15) is 11.5 Å². The van der Waals surface area contributed by atoms with Crippen molar-refractivity contribution in [3.05, 3.63) is 54.1 Å². The van der Waals surface area contributed by atoms with Gasteiger partial charge in [-0.25, -0.2) is 0 Å². The predicted octanol–water partition coefficient (Wildman–Crippen LogP) is 4.59. The van der Waals surface area contributed by atoms with Crippen LogP contribution in [-0.2, 0) is 0 Å². The molecule has 0 amide bonds. The number of halogens is 2. The summed E-state index contributed by atoms with van der Waals surface area (Å²) >= 11 is 1.83. The molecule has 0 fully saturated rings. The van der Waals surface area contributed by atoms with Crippen LogP contribution < -0.4 is 10.1 Å². The molecule has 0 aromatic heterocycles. The topological polar surface area (TPSA) is 21.3 Å². The van der Waals surface area contributed by atoms with Crippen LogP contribution in [0, 0.1) is 0 Å². The average Bonchev–Trinajstić information content (AvgIpc) is 2.89. The summed E-state index contributed by atoms with van der Waals surface area (Å²) in [6.45, 7) is -2.11. The van der Waals surface area contributed by atoms with Crippen LogP contribution in [0.15, 0.2) is 53.4 Å². The van der Waals surface area contributed by atoms with E-state index in [4.69, 9.17) is 0 Å². The van der Waals surface area contributed by atoms with Gasteiger partial charge < -0.3 is 10.1 Å². The number of hydrogen-bond donors (Lipinski definition) is 1. The molecule has 0 saturated heterocycles. The van der Waals surface area contributed by atoms with Gasteiger partial charge in [-0.2, -0.15) is 8.78 Å². The highest BCUT2D eigenvalue weighted by atomic mass is 32.2. The third-order valence-corrected chi connectivity index (χ3v) is 4.69. The molecule has 1 heterocycles. The van der Waals surface area contributed by atoms with Crippen LogP contribution in [0.4, 0.5) is 14.5 Å². The number of hydrogen-bond acceptors (Lipinski definition) is 3. The molecule has 1 atom stereocenters. The summed E-state index contributed by atoms with van der Waals surface area (Å²) in [6.07, 6.45) is 0. The molecule has 0 saturated carbocycles. The van der Waals surface area contributed by atoms with Crippen molar-refractivity contribution in [2.75, 3.05) is 17.6 Å². The SMILES string of the molecule is FC(F)Oc1ccccc1NCC1CSc2ccccc21. The smallest absolute Gasteiger partial charge is 0.387 e. The third kappa shape index (κ3) is 3.29. The van der Waals surface area contributed by atoms with Crippen molar-refractivity contribution in [1.82, 2.24) is 0 Å². The Balaban J connectivity index is 1.69. The van der Waals surface area contributed by atoms with Gasteiger partial charge in [-0.15, -0.1) is 11.8 Å². The highest BCUT2D eigenvalue weighted by Crippen LogP contribution is 2.39. The molecule has 1 aliphatic rings. The molecule has 2 nitrogen and oxygen atoms in total. The number of alkyl halides is 2. The molecule has 1 unspecified atom stereocenters. The van der Waals surface area contributed by atoms with E-state index in [2.05, 4.69) is 22.2 Å². The van der Waals surface area contributed by atoms with Crippen LogP contribution in [0.5, 0.6) is 5.75 Å². The maximum atomic E-state index is 12.4. The van der Waals surface area contributed by atoms with Gasteiger partial charge in [0.1, 0.15) is 5.75 Å². The second-order valence-electron chi connectivity index (χ2n) is 4.80. The molecular weight excluding hydrogens is 292 g/mol. The molecule has 2 aromatic rings. The Bertz CT molecular complexity index is 621. The predicted molar refractivity (Wildman–Crippen MR) is 81.5 cm³/mol. The summed E-state index contributed by atoms with van der Waals surface area (Å²) in [4.78, 5) is 1.31. The van der Waals surface area contributed by atoms with Crippen LogP contribution in [0.2, 0.25) is 0 Å². The van der Waals surface area contributed by atoms with E-state index in [1.807, 2.05) is 23.9 Å². The fourth-order valence-electron chi connectivity index (χ4n) is 2.44. The molecule has 0 radical (unpaired) electrons. The molecule has 3 rings (SSSR count). The number of thioether (sulfide) groups is 1. The largest absolute Gasteiger partial charge is 0.433 e. The average molecular weight is 307 g/mol. The maximum Gasteiger partial charge on any atom is 0.387 e. The lowest BCUT2D eigenvalue weighted by Crippen LogP contribution is -2.13. The third-order valence-electron chi connectivity index (χ3n) is 3.44. The van der Waals surface area contributed by atoms with E-state index in [1.54, 1.807) is 24.3 Å². The Morgan fingerprint density at radius 1 is 1.14 bits per heavy atom. The minimum Gasteiger partial charge on any atom is -0.433 e. The fraction of sp³-hybridized carbons (Fsp3) is 0.250. The van der Waals surface area contributed by atoms with Crippen molar-refractivity contribution in [1.29, 1.82) is 0 Å². The standard InChI is InChI=1S/C16H15F2NOS/c17-16(18)20-14-7-3-2-6-13(14)19-9-11-10-21-15-8-4-1-5-12(11)15/h1-8,11,16,19H,9-10H2. The second kappa shape index (κ2) is 6.35. The fourth-order valence-corrected chi connectivity index (χ4v) is 3.70. The number of fused-ring (bicyclic) bond motifs is 1. The Labute approximate surface area is 126 Å². The Hall–Kier alpha value is -1.75. The summed E-state index contributed by atoms with van der Waals surface area (Å²) in [5, 5.41) is 3.23. The molecule has 1 aliphatic heterocycles. The van der Waals surface area contributed by atoms with Crippen molar-refractivity contribution in [3.63, 3.8) is 0 Å². The minimum atomic E-state index is -2.81. The summed E-state index contributed by atoms with van der Waals surface area (Å²) in [5.74, 6) is 1.57. The monoisotopic (exact) mass is 307 g/mol. The number of rotatable bonds is 5. The lowest BCUT2D eigenvalue weighted by molar-refractivity contribution is -0.0493. The van der Waals surface area contributed by atoms with Gasteiger partial charge in [-0.3, -0.25) is 0 Å². The molecule has 1 N–H and O–H groups in total. The maximum absolute atomic E-state index is 12.4. The first-order chi connectivity index (χ1) is 10.2. The molecule has 5 heteroatoms. The summed E-state index contributed by atoms with van der Waals surface area (Å²) in [6, 6.07) is 15.1. The van der Waals surface area contributed by atoms with Gasteiger partial charge in [0.2, 0.25) is 0 Å². The van der Waals surface area contributed by atoms with Crippen LogP contribution in [-0.4, -0.2) is 18.9 Å². The zero-order valence-electron chi connectivity index (χ0n) is 11.3. The highest BCUT2D eigenvalue weighted by molar-refractivity contribution is 7.99. The Kier molecular flexibility index (Phi) is 4.29. The molecule has 21 heavy (non-hydrogen) atoms. The van der Waals surface area contributed by atoms with Gasteiger partial charge >= 0.3 is 6.61 Å². The summed E-state index contributed by atoms with van der Waals surface area (Å²) < 4.78 is 29.3. The van der Waals surface area contributed by atoms with Crippen molar-refractivity contribution in [2.24, 2.45) is 0 Å². The lowest BCUT2D eigenvalue weighted by Gasteiger charge is -2.16. The minimum absolute atomic E-state index is 0.187. The van der Waals surface area contributed by atoms with Crippen molar-refractivity contribution in [3.8, 4) is 5.75 Å². The van der Waals surface area contributed by atoms with Crippen molar-refractivity contribution in [2.45, 2.75) is 17.4 Å². The normalized spacial score (nSPS) is 16.8. The summed E-state index contributed by atoms with van der Waals surface area (Å²) in [7, 11) is 0. The summed E-state index contributed by atoms with van der Waals surface area (Å²) in [5.41, 5.74) is 1.93. The Morgan fingerprint density at radius 3 is 2.76 bits per heavy atom. The number of para-hydroxylation sites is 2. The zero-order valence-corrected chi connectivity index (χ0v) is 12.1. The highest BCUT2D eigenvalue weighted by Gasteiger charge is 2.22. The number of anilines is 1. The molecule has 0 bridgehead atoms. The van der Waals surface area contributed by atoms with Crippen molar-refractivity contribution < 1.29 is 13.5 Å². The van der Waals surface area contributed by atoms with Gasteiger partial charge in [0.25, 0.3) is 0 Å². The van der Waals surface area contributed by atoms with Gasteiger partial charge in [-0.1, -0.05) is 30.3 Å². The van der Waals surface area contributed by atoms with E-state index in [1.165, 1.54) is 10.5 Å². The van der Waals surface area contributed by atoms with E-state index in [-0.39, 0.29) is 5.75 Å². The lowest BCUT2D eigenvalue weighted by atomic mass is 10.0. The van der Waals surface area contributed by atoms with E-state index < -0.39 is 6.61 Å². The molecule has 110 valence electrons. The molecular formula is C16H15F2NOS.